The third kappa shape index (κ3) is 5.25. The molecule has 1 aromatic rings. The zero-order chi connectivity index (χ0) is 16.8. The minimum Gasteiger partial charge on any atom is -0.478 e. The number of fused-ring (bicyclic) bond motifs is 1. The molecular formula is C17H24N2O4. The second-order valence-corrected chi connectivity index (χ2v) is 5.92. The molecule has 6 nitrogen and oxygen atoms in total. The number of hydrogen-bond acceptors (Lipinski definition) is 4. The maximum absolute atomic E-state index is 12.0. The average Bonchev–Trinajstić information content (AvgIpc) is 2.47. The molecule has 0 aromatic heterocycles. The first-order valence-electron chi connectivity index (χ1n) is 7.92. The van der Waals surface area contributed by atoms with Gasteiger partial charge in [0.25, 0.3) is 5.91 Å². The molecule has 1 unspecified atom stereocenters. The SMILES string of the molecule is Cc1ccc2c(c1)NC(=O)C(CC(=O)NCCCOC(C)C)O2. The number of rotatable bonds is 7. The molecule has 1 aromatic carbocycles. The summed E-state index contributed by atoms with van der Waals surface area (Å²) < 4.78 is 11.0. The van der Waals surface area contributed by atoms with Crippen LogP contribution in [0.1, 0.15) is 32.3 Å². The van der Waals surface area contributed by atoms with Gasteiger partial charge in [-0.3, -0.25) is 9.59 Å². The molecule has 23 heavy (non-hydrogen) atoms. The lowest BCUT2D eigenvalue weighted by Crippen LogP contribution is -2.41. The smallest absolute Gasteiger partial charge is 0.266 e. The molecule has 0 radical (unpaired) electrons. The van der Waals surface area contributed by atoms with Gasteiger partial charge in [0.1, 0.15) is 5.75 Å². The number of anilines is 1. The minimum atomic E-state index is -0.794. The first-order chi connectivity index (χ1) is 11.0. The molecule has 0 saturated heterocycles. The van der Waals surface area contributed by atoms with Crippen LogP contribution < -0.4 is 15.4 Å². The lowest BCUT2D eigenvalue weighted by Gasteiger charge is -2.25. The van der Waals surface area contributed by atoms with Crippen molar-refractivity contribution in [2.24, 2.45) is 0 Å². The molecule has 1 aliphatic heterocycles. The molecule has 126 valence electrons. The van der Waals surface area contributed by atoms with Gasteiger partial charge in [-0.25, -0.2) is 0 Å². The molecule has 1 atom stereocenters. The van der Waals surface area contributed by atoms with E-state index in [2.05, 4.69) is 10.6 Å². The normalized spacial score (nSPS) is 16.5. The Hall–Kier alpha value is -2.08. The van der Waals surface area contributed by atoms with Crippen LogP contribution in [0.2, 0.25) is 0 Å². The van der Waals surface area contributed by atoms with Crippen LogP contribution in [-0.2, 0) is 14.3 Å². The molecule has 2 rings (SSSR count). The quantitative estimate of drug-likeness (QED) is 0.754. The molecule has 0 saturated carbocycles. The highest BCUT2D eigenvalue weighted by molar-refractivity contribution is 6.00. The van der Waals surface area contributed by atoms with Gasteiger partial charge in [-0.15, -0.1) is 0 Å². The summed E-state index contributed by atoms with van der Waals surface area (Å²) in [6.45, 7) is 7.00. The Morgan fingerprint density at radius 1 is 1.43 bits per heavy atom. The van der Waals surface area contributed by atoms with Crippen LogP contribution in [0.25, 0.3) is 0 Å². The van der Waals surface area contributed by atoms with Gasteiger partial charge in [0, 0.05) is 13.2 Å². The molecule has 2 amide bonds. The lowest BCUT2D eigenvalue weighted by molar-refractivity contribution is -0.130. The summed E-state index contributed by atoms with van der Waals surface area (Å²) in [7, 11) is 0. The number of benzene rings is 1. The fourth-order valence-electron chi connectivity index (χ4n) is 2.26. The van der Waals surface area contributed by atoms with Crippen molar-refractivity contribution in [1.29, 1.82) is 0 Å². The highest BCUT2D eigenvalue weighted by Gasteiger charge is 2.29. The van der Waals surface area contributed by atoms with Crippen molar-refractivity contribution < 1.29 is 19.1 Å². The van der Waals surface area contributed by atoms with Crippen LogP contribution >= 0.6 is 0 Å². The van der Waals surface area contributed by atoms with Gasteiger partial charge in [0.05, 0.1) is 18.2 Å². The van der Waals surface area contributed by atoms with Crippen LogP contribution in [0.3, 0.4) is 0 Å². The van der Waals surface area contributed by atoms with E-state index in [-0.39, 0.29) is 24.3 Å². The van der Waals surface area contributed by atoms with E-state index in [0.29, 0.717) is 24.6 Å². The van der Waals surface area contributed by atoms with Crippen LogP contribution in [0.5, 0.6) is 5.75 Å². The van der Waals surface area contributed by atoms with Gasteiger partial charge in [-0.1, -0.05) is 6.07 Å². The third-order valence-corrected chi connectivity index (χ3v) is 3.42. The number of amides is 2. The average molecular weight is 320 g/mol. The molecule has 0 spiro atoms. The van der Waals surface area contributed by atoms with Crippen LogP contribution in [0.15, 0.2) is 18.2 Å². The Labute approximate surface area is 136 Å². The van der Waals surface area contributed by atoms with Gasteiger partial charge >= 0.3 is 0 Å². The Morgan fingerprint density at radius 2 is 2.22 bits per heavy atom. The molecule has 6 heteroatoms. The van der Waals surface area contributed by atoms with E-state index in [9.17, 15) is 9.59 Å². The summed E-state index contributed by atoms with van der Waals surface area (Å²) in [5.74, 6) is 0.102. The predicted octanol–water partition coefficient (Wildman–Crippen LogP) is 2.02. The molecule has 1 heterocycles. The van der Waals surface area contributed by atoms with Crippen LogP contribution in [0, 0.1) is 6.92 Å². The summed E-state index contributed by atoms with van der Waals surface area (Å²) in [6, 6.07) is 5.55. The zero-order valence-corrected chi connectivity index (χ0v) is 13.8. The van der Waals surface area contributed by atoms with Crippen LogP contribution in [-0.4, -0.2) is 37.2 Å². The highest BCUT2D eigenvalue weighted by atomic mass is 16.5. The second-order valence-electron chi connectivity index (χ2n) is 5.92. The van der Waals surface area contributed by atoms with Crippen molar-refractivity contribution in [3.05, 3.63) is 23.8 Å². The molecule has 2 N–H and O–H groups in total. The Kier molecular flexibility index (Phi) is 5.98. The summed E-state index contributed by atoms with van der Waals surface area (Å²) >= 11 is 0. The Bertz CT molecular complexity index is 572. The van der Waals surface area contributed by atoms with E-state index in [1.807, 2.05) is 32.9 Å². The number of nitrogens with one attached hydrogen (secondary N) is 2. The summed E-state index contributed by atoms with van der Waals surface area (Å²) in [6.07, 6.45) is 0.138. The van der Waals surface area contributed by atoms with Gasteiger partial charge < -0.3 is 20.1 Å². The standard InChI is InChI=1S/C17H24N2O4/c1-11(2)22-8-4-7-18-16(20)10-15-17(21)19-13-9-12(3)5-6-14(13)23-15/h5-6,9,11,15H,4,7-8,10H2,1-3H3,(H,18,20)(H,19,21). The van der Waals surface area contributed by atoms with Crippen molar-refractivity contribution in [1.82, 2.24) is 5.32 Å². The maximum atomic E-state index is 12.0. The Balaban J connectivity index is 1.78. The number of ether oxygens (including phenoxy) is 2. The third-order valence-electron chi connectivity index (χ3n) is 3.42. The van der Waals surface area contributed by atoms with E-state index in [0.717, 1.165) is 12.0 Å². The second kappa shape index (κ2) is 7.97. The number of carbonyl (C=O) groups is 2. The van der Waals surface area contributed by atoms with Crippen molar-refractivity contribution in [3.63, 3.8) is 0 Å². The predicted molar refractivity (Wildman–Crippen MR) is 87.6 cm³/mol. The highest BCUT2D eigenvalue weighted by Crippen LogP contribution is 2.30. The molecule has 1 aliphatic rings. The zero-order valence-electron chi connectivity index (χ0n) is 13.8. The van der Waals surface area contributed by atoms with Gasteiger partial charge in [-0.2, -0.15) is 0 Å². The van der Waals surface area contributed by atoms with E-state index in [4.69, 9.17) is 9.47 Å². The lowest BCUT2D eigenvalue weighted by atomic mass is 10.1. The van der Waals surface area contributed by atoms with Crippen molar-refractivity contribution in [2.75, 3.05) is 18.5 Å². The topological polar surface area (TPSA) is 76.7 Å². The van der Waals surface area contributed by atoms with Crippen LogP contribution in [0.4, 0.5) is 5.69 Å². The first-order valence-corrected chi connectivity index (χ1v) is 7.92. The summed E-state index contributed by atoms with van der Waals surface area (Å²) in [5.41, 5.74) is 1.69. The molecular weight excluding hydrogens is 296 g/mol. The largest absolute Gasteiger partial charge is 0.478 e. The van der Waals surface area contributed by atoms with E-state index < -0.39 is 6.10 Å². The van der Waals surface area contributed by atoms with Gasteiger partial charge in [0.15, 0.2) is 6.10 Å². The van der Waals surface area contributed by atoms with Gasteiger partial charge in [-0.05, 0) is 44.9 Å². The maximum Gasteiger partial charge on any atom is 0.266 e. The number of aryl methyl sites for hydroxylation is 1. The van der Waals surface area contributed by atoms with Crippen molar-refractivity contribution in [2.45, 2.75) is 45.8 Å². The minimum absolute atomic E-state index is 0.00415. The fraction of sp³-hybridized carbons (Fsp3) is 0.529. The molecule has 0 fully saturated rings. The fourth-order valence-corrected chi connectivity index (χ4v) is 2.26. The summed E-state index contributed by atoms with van der Waals surface area (Å²) in [4.78, 5) is 23.9. The molecule has 0 aliphatic carbocycles. The number of carbonyl (C=O) groups excluding carboxylic acids is 2. The Morgan fingerprint density at radius 3 is 2.96 bits per heavy atom. The first kappa shape index (κ1) is 17.3. The van der Waals surface area contributed by atoms with Crippen molar-refractivity contribution >= 4 is 17.5 Å². The van der Waals surface area contributed by atoms with Gasteiger partial charge in [0.2, 0.25) is 5.91 Å². The molecule has 0 bridgehead atoms. The van der Waals surface area contributed by atoms with E-state index >= 15 is 0 Å². The van der Waals surface area contributed by atoms with E-state index in [1.54, 1.807) is 6.07 Å². The van der Waals surface area contributed by atoms with Crippen molar-refractivity contribution in [3.8, 4) is 5.75 Å². The monoisotopic (exact) mass is 320 g/mol. The summed E-state index contributed by atoms with van der Waals surface area (Å²) in [5, 5.41) is 5.56. The number of hydrogen-bond donors (Lipinski definition) is 2. The van der Waals surface area contributed by atoms with E-state index in [1.165, 1.54) is 0 Å².